The van der Waals surface area contributed by atoms with Gasteiger partial charge >= 0.3 is 0 Å². The zero-order valence-electron chi connectivity index (χ0n) is 8.51. The first-order chi connectivity index (χ1) is 7.21. The van der Waals surface area contributed by atoms with Gasteiger partial charge in [0.15, 0.2) is 0 Å². The topological polar surface area (TPSA) is 0 Å². The molecule has 0 aromatic carbocycles. The Morgan fingerprint density at radius 1 is 1.33 bits per heavy atom. The van der Waals surface area contributed by atoms with Crippen molar-refractivity contribution in [2.75, 3.05) is 5.33 Å². The van der Waals surface area contributed by atoms with Gasteiger partial charge in [0.2, 0.25) is 0 Å². The van der Waals surface area contributed by atoms with Crippen molar-refractivity contribution in [3.05, 3.63) is 20.8 Å². The number of hydrogen-bond donors (Lipinski definition) is 0. The number of halogens is 2. The van der Waals surface area contributed by atoms with E-state index < -0.39 is 0 Å². The molecular weight excluding hydrogens is 336 g/mol. The third kappa shape index (κ3) is 2.07. The lowest BCUT2D eigenvalue weighted by Crippen LogP contribution is -2.23. The monoisotopic (exact) mass is 348 g/mol. The first-order valence-corrected chi connectivity index (χ1v) is 8.24. The Morgan fingerprint density at radius 3 is 2.60 bits per heavy atom. The van der Waals surface area contributed by atoms with Gasteiger partial charge in [0.1, 0.15) is 0 Å². The van der Waals surface area contributed by atoms with Gasteiger partial charge in [-0.1, -0.05) is 15.9 Å². The Labute approximate surface area is 112 Å². The molecule has 1 heterocycles. The zero-order chi connectivity index (χ0) is 10.5. The summed E-state index contributed by atoms with van der Waals surface area (Å²) in [5.74, 6) is 2.15. The third-order valence-corrected chi connectivity index (χ3v) is 6.73. The molecule has 0 bridgehead atoms. The fourth-order valence-corrected chi connectivity index (χ4v) is 5.44. The molecule has 0 aliphatic heterocycles. The van der Waals surface area contributed by atoms with Crippen LogP contribution in [0.3, 0.4) is 0 Å². The van der Waals surface area contributed by atoms with Crippen molar-refractivity contribution < 1.29 is 0 Å². The average Bonchev–Trinajstić information content (AvgIpc) is 2.65. The minimum Gasteiger partial charge on any atom is -0.133 e. The van der Waals surface area contributed by atoms with E-state index in [1.165, 1.54) is 34.8 Å². The van der Waals surface area contributed by atoms with Crippen molar-refractivity contribution >= 4 is 43.2 Å². The highest BCUT2D eigenvalue weighted by Crippen LogP contribution is 2.61. The van der Waals surface area contributed by atoms with E-state index in [9.17, 15) is 0 Å². The molecule has 2 aliphatic carbocycles. The Bertz CT molecular complexity index is 361. The third-order valence-electron chi connectivity index (χ3n) is 3.92. The van der Waals surface area contributed by atoms with Crippen LogP contribution in [0.1, 0.15) is 24.1 Å². The minimum atomic E-state index is 0.581. The van der Waals surface area contributed by atoms with Gasteiger partial charge in [-0.2, -0.15) is 0 Å². The van der Waals surface area contributed by atoms with Crippen LogP contribution in [0, 0.1) is 17.3 Å². The number of alkyl halides is 1. The first-order valence-electron chi connectivity index (χ1n) is 5.51. The molecule has 0 N–H and O–H groups in total. The lowest BCUT2D eigenvalue weighted by atomic mass is 9.81. The molecule has 1 aromatic rings. The summed E-state index contributed by atoms with van der Waals surface area (Å²) < 4.78 is 1.27. The normalized spacial score (nSPS) is 38.0. The van der Waals surface area contributed by atoms with E-state index in [-0.39, 0.29) is 0 Å². The fourth-order valence-electron chi connectivity index (χ4n) is 3.12. The lowest BCUT2D eigenvalue weighted by Gasteiger charge is -2.28. The second kappa shape index (κ2) is 3.85. The molecule has 3 rings (SSSR count). The molecule has 15 heavy (non-hydrogen) atoms. The summed E-state index contributed by atoms with van der Waals surface area (Å²) in [7, 11) is 0. The molecule has 2 aliphatic rings. The van der Waals surface area contributed by atoms with Crippen LogP contribution in [-0.2, 0) is 6.42 Å². The van der Waals surface area contributed by atoms with Crippen LogP contribution in [-0.4, -0.2) is 5.33 Å². The van der Waals surface area contributed by atoms with Crippen LogP contribution in [0.25, 0.3) is 0 Å². The fraction of sp³-hybridized carbons (Fsp3) is 0.667. The van der Waals surface area contributed by atoms with Crippen LogP contribution in [0.5, 0.6) is 0 Å². The highest BCUT2D eigenvalue weighted by Gasteiger charge is 2.53. The summed E-state index contributed by atoms with van der Waals surface area (Å²) >= 11 is 9.19. The van der Waals surface area contributed by atoms with Gasteiger partial charge in [-0.3, -0.25) is 0 Å². The van der Waals surface area contributed by atoms with Crippen LogP contribution in [0.2, 0.25) is 0 Å². The van der Waals surface area contributed by atoms with Gasteiger partial charge in [-0.05, 0) is 71.0 Å². The molecule has 3 heteroatoms. The van der Waals surface area contributed by atoms with E-state index in [4.69, 9.17) is 0 Å². The molecule has 0 radical (unpaired) electrons. The Balaban J connectivity index is 1.75. The molecule has 2 saturated carbocycles. The smallest absolute Gasteiger partial charge is 0.0701 e. The van der Waals surface area contributed by atoms with E-state index in [1.807, 2.05) is 11.3 Å². The Hall–Kier alpha value is 0.660. The number of fused-ring (bicyclic) bond motifs is 1. The van der Waals surface area contributed by atoms with E-state index >= 15 is 0 Å². The zero-order valence-corrected chi connectivity index (χ0v) is 12.5. The maximum Gasteiger partial charge on any atom is 0.0701 e. The van der Waals surface area contributed by atoms with Crippen LogP contribution in [0.4, 0.5) is 0 Å². The molecule has 0 spiro atoms. The predicted molar refractivity (Wildman–Crippen MR) is 72.8 cm³/mol. The lowest BCUT2D eigenvalue weighted by molar-refractivity contribution is 0.310. The molecule has 2 fully saturated rings. The quantitative estimate of drug-likeness (QED) is 0.683. The van der Waals surface area contributed by atoms with Crippen molar-refractivity contribution in [1.82, 2.24) is 0 Å². The summed E-state index contributed by atoms with van der Waals surface area (Å²) in [6.07, 6.45) is 5.71. The minimum absolute atomic E-state index is 0.581. The van der Waals surface area contributed by atoms with Crippen LogP contribution < -0.4 is 0 Å². The number of thiophene rings is 1. The highest BCUT2D eigenvalue weighted by molar-refractivity contribution is 9.11. The molecule has 2 unspecified atom stereocenters. The number of hydrogen-bond acceptors (Lipinski definition) is 1. The maximum atomic E-state index is 3.74. The van der Waals surface area contributed by atoms with Crippen LogP contribution in [0.15, 0.2) is 15.9 Å². The van der Waals surface area contributed by atoms with Gasteiger partial charge in [0, 0.05) is 10.2 Å². The van der Waals surface area contributed by atoms with Gasteiger partial charge in [-0.25, -0.2) is 0 Å². The molecular formula is C12H14Br2S. The van der Waals surface area contributed by atoms with Crippen LogP contribution >= 0.6 is 43.2 Å². The van der Waals surface area contributed by atoms with Crippen molar-refractivity contribution in [3.63, 3.8) is 0 Å². The number of rotatable bonds is 3. The highest BCUT2D eigenvalue weighted by atomic mass is 79.9. The second-order valence-corrected chi connectivity index (χ2v) is 8.29. The SMILES string of the molecule is BrCC1(Cc2ccc(Br)s2)CC2CC2C1. The molecule has 0 amide bonds. The first kappa shape index (κ1) is 10.8. The molecule has 2 atom stereocenters. The summed E-state index contributed by atoms with van der Waals surface area (Å²) in [5.41, 5.74) is 0.581. The van der Waals surface area contributed by atoms with E-state index in [0.717, 1.165) is 11.8 Å². The van der Waals surface area contributed by atoms with E-state index in [1.54, 1.807) is 4.88 Å². The summed E-state index contributed by atoms with van der Waals surface area (Å²) in [4.78, 5) is 1.54. The largest absolute Gasteiger partial charge is 0.133 e. The van der Waals surface area contributed by atoms with Gasteiger partial charge < -0.3 is 0 Å². The molecule has 82 valence electrons. The van der Waals surface area contributed by atoms with Crippen molar-refractivity contribution in [3.8, 4) is 0 Å². The van der Waals surface area contributed by atoms with Crippen molar-refractivity contribution in [1.29, 1.82) is 0 Å². The van der Waals surface area contributed by atoms with Crippen molar-refractivity contribution in [2.45, 2.75) is 25.7 Å². The summed E-state index contributed by atoms with van der Waals surface area (Å²) in [6.45, 7) is 0. The van der Waals surface area contributed by atoms with Gasteiger partial charge in [-0.15, -0.1) is 11.3 Å². The molecule has 0 nitrogen and oxygen atoms in total. The van der Waals surface area contributed by atoms with E-state index in [2.05, 4.69) is 44.0 Å². The van der Waals surface area contributed by atoms with Crippen molar-refractivity contribution in [2.24, 2.45) is 17.3 Å². The van der Waals surface area contributed by atoms with E-state index in [0.29, 0.717) is 5.41 Å². The average molecular weight is 350 g/mol. The molecule has 0 saturated heterocycles. The standard InChI is InChI=1S/C12H14Br2S/c13-7-12(4-8-3-9(8)5-12)6-10-1-2-11(14)15-10/h1-2,8-9H,3-7H2. The predicted octanol–water partition coefficient (Wildman–Crippen LogP) is 4.86. The molecule has 1 aromatic heterocycles. The summed E-state index contributed by atoms with van der Waals surface area (Å²) in [5, 5.41) is 1.18. The van der Waals surface area contributed by atoms with Gasteiger partial charge in [0.05, 0.1) is 3.79 Å². The Kier molecular flexibility index (Phi) is 2.77. The summed E-state index contributed by atoms with van der Waals surface area (Å²) in [6, 6.07) is 4.46. The Morgan fingerprint density at radius 2 is 2.07 bits per heavy atom. The second-order valence-electron chi connectivity index (χ2n) is 5.18. The van der Waals surface area contributed by atoms with Gasteiger partial charge in [0.25, 0.3) is 0 Å². The maximum absolute atomic E-state index is 3.74.